The number of hydrogen-bond donors (Lipinski definition) is 0. The van der Waals surface area contributed by atoms with Crippen molar-refractivity contribution in [2.45, 2.75) is 0 Å². The number of rotatable bonds is 4. The normalized spacial score (nSPS) is 12.0. The Kier molecular flexibility index (Phi) is 4.77. The molecule has 0 aromatic heterocycles. The van der Waals surface area contributed by atoms with Gasteiger partial charge in [0.2, 0.25) is 0 Å². The van der Waals surface area contributed by atoms with Gasteiger partial charge in [-0.15, -0.1) is 0 Å². The van der Waals surface area contributed by atoms with E-state index in [0.29, 0.717) is 0 Å². The number of benzene rings is 9. The van der Waals surface area contributed by atoms with Gasteiger partial charge in [-0.3, -0.25) is 0 Å². The van der Waals surface area contributed by atoms with Crippen LogP contribution < -0.4 is 9.47 Å². The Morgan fingerprint density at radius 3 is 1.12 bits per heavy atom. The fraction of sp³-hybridized carbons (Fsp3) is 0.0500. The summed E-state index contributed by atoms with van der Waals surface area (Å²) in [5.41, 5.74) is 4.86. The summed E-state index contributed by atoms with van der Waals surface area (Å²) in [5, 5.41) is 14.7. The largest absolute Gasteiger partial charge is 0.496 e. The molecule has 0 aliphatic heterocycles. The van der Waals surface area contributed by atoms with Crippen LogP contribution >= 0.6 is 0 Å². The topological polar surface area (TPSA) is 18.5 Å². The van der Waals surface area contributed by atoms with Crippen LogP contribution in [0.1, 0.15) is 0 Å². The molecule has 0 spiro atoms. The van der Waals surface area contributed by atoms with Crippen molar-refractivity contribution in [2.24, 2.45) is 0 Å². The van der Waals surface area contributed by atoms with Crippen LogP contribution in [-0.2, 0) is 0 Å². The molecule has 9 aromatic carbocycles. The predicted molar refractivity (Wildman–Crippen MR) is 178 cm³/mol. The van der Waals surface area contributed by atoms with Gasteiger partial charge in [0.15, 0.2) is 0 Å². The van der Waals surface area contributed by atoms with Gasteiger partial charge in [0.05, 0.1) is 14.2 Å². The summed E-state index contributed by atoms with van der Waals surface area (Å²) in [6.07, 6.45) is 0. The Hall–Kier alpha value is -5.34. The maximum absolute atomic E-state index is 6.14. The molecule has 0 fully saturated rings. The van der Waals surface area contributed by atoms with E-state index in [9.17, 15) is 0 Å². The van der Waals surface area contributed by atoms with Gasteiger partial charge >= 0.3 is 0 Å². The highest BCUT2D eigenvalue weighted by molar-refractivity contribution is 6.47. The van der Waals surface area contributed by atoms with Crippen molar-refractivity contribution < 1.29 is 9.47 Å². The molecule has 9 rings (SSSR count). The molecule has 2 nitrogen and oxygen atoms in total. The lowest BCUT2D eigenvalue weighted by Crippen LogP contribution is -1.98. The lowest BCUT2D eigenvalue weighted by molar-refractivity contribution is 0.416. The van der Waals surface area contributed by atoms with Crippen molar-refractivity contribution in [1.29, 1.82) is 0 Å². The molecular weight excluding hydrogens is 512 g/mol. The first-order valence-electron chi connectivity index (χ1n) is 14.3. The molecule has 9 aromatic rings. The Bertz CT molecular complexity index is 2280. The average molecular weight is 539 g/mol. The van der Waals surface area contributed by atoms with Crippen LogP contribution in [0.25, 0.3) is 86.9 Å². The summed E-state index contributed by atoms with van der Waals surface area (Å²) in [6.45, 7) is 0. The van der Waals surface area contributed by atoms with Gasteiger partial charge in [-0.05, 0) is 89.6 Å². The number of fused-ring (bicyclic) bond motifs is 4. The third kappa shape index (κ3) is 2.94. The first kappa shape index (κ1) is 23.4. The average Bonchev–Trinajstić information content (AvgIpc) is 3.07. The van der Waals surface area contributed by atoms with Gasteiger partial charge in [0, 0.05) is 21.5 Å². The van der Waals surface area contributed by atoms with Crippen molar-refractivity contribution in [2.75, 3.05) is 14.2 Å². The zero-order valence-electron chi connectivity index (χ0n) is 23.4. The summed E-state index contributed by atoms with van der Waals surface area (Å²) < 4.78 is 12.3. The van der Waals surface area contributed by atoms with E-state index in [0.717, 1.165) is 22.3 Å². The Labute approximate surface area is 243 Å². The lowest BCUT2D eigenvalue weighted by atomic mass is 9.79. The second-order valence-corrected chi connectivity index (χ2v) is 11.1. The molecule has 42 heavy (non-hydrogen) atoms. The van der Waals surface area contributed by atoms with E-state index in [-0.39, 0.29) is 0 Å². The summed E-state index contributed by atoms with van der Waals surface area (Å²) in [4.78, 5) is 0. The molecular formula is C40H26O2. The van der Waals surface area contributed by atoms with E-state index in [1.165, 1.54) is 76.1 Å². The zero-order chi connectivity index (χ0) is 27.9. The molecule has 0 bridgehead atoms. The smallest absolute Gasteiger partial charge is 0.127 e. The van der Waals surface area contributed by atoms with E-state index in [2.05, 4.69) is 121 Å². The van der Waals surface area contributed by atoms with Gasteiger partial charge in [-0.2, -0.15) is 0 Å². The maximum atomic E-state index is 6.14. The third-order valence-corrected chi connectivity index (χ3v) is 9.15. The summed E-state index contributed by atoms with van der Waals surface area (Å²) >= 11 is 0. The molecule has 0 saturated heterocycles. The highest BCUT2D eigenvalue weighted by atomic mass is 16.5. The van der Waals surface area contributed by atoms with Crippen LogP contribution in [-0.4, -0.2) is 14.2 Å². The minimum absolute atomic E-state index is 0.858. The number of methoxy groups -OCH3 is 2. The summed E-state index contributed by atoms with van der Waals surface area (Å²) in [6, 6.07) is 43.9. The molecule has 0 N–H and O–H groups in total. The molecule has 198 valence electrons. The molecule has 0 aliphatic carbocycles. The van der Waals surface area contributed by atoms with Crippen molar-refractivity contribution in [3.8, 4) is 33.8 Å². The molecule has 0 unspecified atom stereocenters. The molecule has 0 atom stereocenters. The fourth-order valence-electron chi connectivity index (χ4n) is 7.44. The van der Waals surface area contributed by atoms with E-state index < -0.39 is 0 Å². The Morgan fingerprint density at radius 2 is 0.714 bits per heavy atom. The quantitative estimate of drug-likeness (QED) is 0.164. The standard InChI is InChI=1S/C40H26O2/c1-41-33-19-17-27-29(23-11-5-3-6-12-23)21-31-25-15-9-10-16-26(25)32-22-30(24-13-7-4-8-14-24)28-18-20-34(42-2)40-36(28)38(32)37(31)35(27)39(33)40/h3-22H,1-2H3. The van der Waals surface area contributed by atoms with E-state index in [1.807, 2.05) is 0 Å². The van der Waals surface area contributed by atoms with E-state index in [4.69, 9.17) is 9.47 Å². The predicted octanol–water partition coefficient (Wildman–Crippen LogP) is 10.8. The molecule has 0 aliphatic rings. The fourth-order valence-corrected chi connectivity index (χ4v) is 7.44. The second kappa shape index (κ2) is 8.58. The van der Waals surface area contributed by atoms with Gasteiger partial charge in [0.1, 0.15) is 11.5 Å². The third-order valence-electron chi connectivity index (χ3n) is 9.15. The number of hydrogen-bond acceptors (Lipinski definition) is 2. The van der Waals surface area contributed by atoms with Crippen molar-refractivity contribution in [3.63, 3.8) is 0 Å². The Balaban J connectivity index is 1.67. The van der Waals surface area contributed by atoms with Crippen LogP contribution in [0.2, 0.25) is 0 Å². The van der Waals surface area contributed by atoms with E-state index in [1.54, 1.807) is 14.2 Å². The molecule has 2 heteroatoms. The number of ether oxygens (including phenoxy) is 2. The highest BCUT2D eigenvalue weighted by Crippen LogP contribution is 2.55. The minimum Gasteiger partial charge on any atom is -0.496 e. The molecule has 0 radical (unpaired) electrons. The molecule has 0 heterocycles. The van der Waals surface area contributed by atoms with Gasteiger partial charge < -0.3 is 9.47 Å². The van der Waals surface area contributed by atoms with Crippen molar-refractivity contribution in [3.05, 3.63) is 121 Å². The lowest BCUT2D eigenvalue weighted by Gasteiger charge is -2.25. The van der Waals surface area contributed by atoms with Crippen molar-refractivity contribution >= 4 is 64.6 Å². The van der Waals surface area contributed by atoms with Gasteiger partial charge in [0.25, 0.3) is 0 Å². The van der Waals surface area contributed by atoms with Gasteiger partial charge in [-0.1, -0.05) is 97.1 Å². The SMILES string of the molecule is COc1ccc2c(-c3ccccc3)cc3c4ccccc4c4cc(-c5ccccc5)c5ccc(OC)c6c1c2c3c4c56. The van der Waals surface area contributed by atoms with Crippen LogP contribution in [0.4, 0.5) is 0 Å². The maximum Gasteiger partial charge on any atom is 0.127 e. The first-order valence-corrected chi connectivity index (χ1v) is 14.3. The highest BCUT2D eigenvalue weighted by Gasteiger charge is 2.26. The van der Waals surface area contributed by atoms with Crippen molar-refractivity contribution in [1.82, 2.24) is 0 Å². The first-order chi connectivity index (χ1) is 20.8. The minimum atomic E-state index is 0.858. The van der Waals surface area contributed by atoms with E-state index >= 15 is 0 Å². The summed E-state index contributed by atoms with van der Waals surface area (Å²) in [7, 11) is 3.54. The second-order valence-electron chi connectivity index (χ2n) is 11.1. The Morgan fingerprint density at radius 1 is 0.333 bits per heavy atom. The van der Waals surface area contributed by atoms with Crippen LogP contribution in [0.15, 0.2) is 121 Å². The van der Waals surface area contributed by atoms with Crippen LogP contribution in [0, 0.1) is 0 Å². The van der Waals surface area contributed by atoms with Gasteiger partial charge in [-0.25, -0.2) is 0 Å². The molecule has 0 amide bonds. The van der Waals surface area contributed by atoms with Crippen LogP contribution in [0.5, 0.6) is 11.5 Å². The molecule has 0 saturated carbocycles. The summed E-state index contributed by atoms with van der Waals surface area (Å²) in [5.74, 6) is 1.72. The zero-order valence-corrected chi connectivity index (χ0v) is 23.4. The van der Waals surface area contributed by atoms with Crippen LogP contribution in [0.3, 0.4) is 0 Å². The monoisotopic (exact) mass is 538 g/mol.